The van der Waals surface area contributed by atoms with Crippen molar-refractivity contribution in [3.63, 3.8) is 0 Å². The van der Waals surface area contributed by atoms with Crippen LogP contribution in [-0.2, 0) is 19.1 Å². The van der Waals surface area contributed by atoms with Crippen LogP contribution in [0.2, 0.25) is 0 Å². The van der Waals surface area contributed by atoms with Gasteiger partial charge in [-0.25, -0.2) is 4.39 Å². The molecule has 2 amide bonds. The van der Waals surface area contributed by atoms with Crippen LogP contribution in [0.25, 0.3) is 0 Å². The van der Waals surface area contributed by atoms with E-state index in [9.17, 15) is 18.8 Å². The van der Waals surface area contributed by atoms with Gasteiger partial charge in [0.1, 0.15) is 5.82 Å². The first-order valence-corrected chi connectivity index (χ1v) is 8.20. The van der Waals surface area contributed by atoms with Gasteiger partial charge in [0.15, 0.2) is 0 Å². The third-order valence-electron chi connectivity index (χ3n) is 3.60. The number of hydrogen-bond acceptors (Lipinski definition) is 4. The Labute approximate surface area is 147 Å². The van der Waals surface area contributed by atoms with Gasteiger partial charge < -0.3 is 15.4 Å². The third kappa shape index (κ3) is 8.28. The molecule has 138 valence electrons. The summed E-state index contributed by atoms with van der Waals surface area (Å²) in [5, 5.41) is 5.21. The van der Waals surface area contributed by atoms with E-state index in [-0.39, 0.29) is 18.9 Å². The van der Waals surface area contributed by atoms with E-state index in [0.29, 0.717) is 17.9 Å². The van der Waals surface area contributed by atoms with Gasteiger partial charge in [-0.2, -0.15) is 0 Å². The molecule has 7 heteroatoms. The minimum absolute atomic E-state index is 0.0881. The first kappa shape index (κ1) is 20.6. The van der Waals surface area contributed by atoms with Gasteiger partial charge in [-0.3, -0.25) is 14.4 Å². The highest BCUT2D eigenvalue weighted by Crippen LogP contribution is 2.18. The van der Waals surface area contributed by atoms with Crippen LogP contribution in [0.1, 0.15) is 44.7 Å². The predicted octanol–water partition coefficient (Wildman–Crippen LogP) is 2.10. The molecule has 0 radical (unpaired) electrons. The van der Waals surface area contributed by atoms with Crippen molar-refractivity contribution in [3.8, 4) is 0 Å². The molecule has 2 N–H and O–H groups in total. The molecule has 25 heavy (non-hydrogen) atoms. The van der Waals surface area contributed by atoms with Gasteiger partial charge in [0.2, 0.25) is 11.8 Å². The molecule has 0 aliphatic heterocycles. The monoisotopic (exact) mass is 352 g/mol. The Morgan fingerprint density at radius 2 is 1.76 bits per heavy atom. The van der Waals surface area contributed by atoms with Crippen molar-refractivity contribution in [2.45, 2.75) is 39.2 Å². The molecule has 0 heterocycles. The molecule has 6 nitrogen and oxygen atoms in total. The van der Waals surface area contributed by atoms with Crippen LogP contribution in [0.3, 0.4) is 0 Å². The van der Waals surface area contributed by atoms with Crippen molar-refractivity contribution < 1.29 is 23.5 Å². The lowest BCUT2D eigenvalue weighted by Crippen LogP contribution is -2.39. The molecular weight excluding hydrogens is 327 g/mol. The van der Waals surface area contributed by atoms with E-state index in [1.54, 1.807) is 0 Å². The van der Waals surface area contributed by atoms with E-state index in [1.807, 2.05) is 13.8 Å². The summed E-state index contributed by atoms with van der Waals surface area (Å²) in [6, 6.07) is 4.82. The number of halogens is 1. The molecule has 0 spiro atoms. The first-order chi connectivity index (χ1) is 11.8. The van der Waals surface area contributed by atoms with Crippen LogP contribution in [0.5, 0.6) is 0 Å². The lowest BCUT2D eigenvalue weighted by Gasteiger charge is -2.18. The number of esters is 1. The molecule has 1 unspecified atom stereocenters. The summed E-state index contributed by atoms with van der Waals surface area (Å²) in [4.78, 5) is 35.3. The maximum Gasteiger partial charge on any atom is 0.307 e. The van der Waals surface area contributed by atoms with Crippen molar-refractivity contribution >= 4 is 17.8 Å². The Kier molecular flexibility index (Phi) is 8.60. The maximum atomic E-state index is 13.1. The molecule has 1 rings (SSSR count). The second kappa shape index (κ2) is 10.4. The number of ether oxygens (including phenoxy) is 1. The lowest BCUT2D eigenvalue weighted by atomic mass is 10.0. The molecule has 1 atom stereocenters. The van der Waals surface area contributed by atoms with Gasteiger partial charge >= 0.3 is 5.97 Å². The molecule has 0 fully saturated rings. The summed E-state index contributed by atoms with van der Waals surface area (Å²) in [5.74, 6) is -1.14. The van der Waals surface area contributed by atoms with Gasteiger partial charge in [-0.1, -0.05) is 26.0 Å². The number of nitrogens with one attached hydrogen (secondary N) is 2. The van der Waals surface area contributed by atoms with Gasteiger partial charge in [-0.15, -0.1) is 0 Å². The summed E-state index contributed by atoms with van der Waals surface area (Å²) in [7, 11) is 1.25. The van der Waals surface area contributed by atoms with Crippen LogP contribution in [-0.4, -0.2) is 31.4 Å². The summed E-state index contributed by atoms with van der Waals surface area (Å²) >= 11 is 0. The summed E-state index contributed by atoms with van der Waals surface area (Å²) < 4.78 is 17.7. The number of methoxy groups -OCH3 is 1. The van der Waals surface area contributed by atoms with Crippen LogP contribution >= 0.6 is 0 Å². The quantitative estimate of drug-likeness (QED) is 0.667. The number of carbonyl (C=O) groups excluding carboxylic acids is 3. The van der Waals surface area contributed by atoms with E-state index in [4.69, 9.17) is 0 Å². The van der Waals surface area contributed by atoms with Gasteiger partial charge in [0.25, 0.3) is 0 Å². The minimum Gasteiger partial charge on any atom is -0.469 e. The summed E-state index contributed by atoms with van der Waals surface area (Å²) in [6.45, 7) is 3.84. The number of hydrogen-bond donors (Lipinski definition) is 2. The second-order valence-corrected chi connectivity index (χ2v) is 6.16. The topological polar surface area (TPSA) is 84.5 Å². The van der Waals surface area contributed by atoms with Gasteiger partial charge in [0, 0.05) is 6.42 Å². The molecule has 1 aromatic rings. The summed E-state index contributed by atoms with van der Waals surface area (Å²) in [5.41, 5.74) is 0.575. The Morgan fingerprint density at radius 1 is 1.12 bits per heavy atom. The zero-order valence-corrected chi connectivity index (χ0v) is 14.8. The average Bonchev–Trinajstić information content (AvgIpc) is 2.58. The third-order valence-corrected chi connectivity index (χ3v) is 3.60. The van der Waals surface area contributed by atoms with Crippen molar-refractivity contribution in [2.24, 2.45) is 5.92 Å². The molecule has 0 bridgehead atoms. The predicted molar refractivity (Wildman–Crippen MR) is 91.0 cm³/mol. The van der Waals surface area contributed by atoms with E-state index in [1.165, 1.54) is 31.4 Å². The van der Waals surface area contributed by atoms with Crippen molar-refractivity contribution in [2.75, 3.05) is 13.7 Å². The standard InChI is InChI=1S/C18H25FN2O4/c1-12(2)4-9-16(22)20-11-17(23)21-15(10-18(24)25-3)13-5-7-14(19)8-6-13/h5-8,12,15H,4,9-11H2,1-3H3,(H,20,22)(H,21,23). The van der Waals surface area contributed by atoms with Crippen LogP contribution in [0.15, 0.2) is 24.3 Å². The van der Waals surface area contributed by atoms with E-state index < -0.39 is 23.7 Å². The Hall–Kier alpha value is -2.44. The van der Waals surface area contributed by atoms with Gasteiger partial charge in [0.05, 0.1) is 26.1 Å². The lowest BCUT2D eigenvalue weighted by molar-refractivity contribution is -0.141. The molecule has 0 aliphatic rings. The highest BCUT2D eigenvalue weighted by molar-refractivity contribution is 5.85. The van der Waals surface area contributed by atoms with E-state index in [0.717, 1.165) is 6.42 Å². The van der Waals surface area contributed by atoms with E-state index >= 15 is 0 Å². The molecule has 0 saturated heterocycles. The number of carbonyl (C=O) groups is 3. The fraction of sp³-hybridized carbons (Fsp3) is 0.500. The zero-order chi connectivity index (χ0) is 18.8. The average molecular weight is 352 g/mol. The van der Waals surface area contributed by atoms with Gasteiger partial charge in [-0.05, 0) is 30.0 Å². The number of rotatable bonds is 9. The minimum atomic E-state index is -0.659. The van der Waals surface area contributed by atoms with Crippen molar-refractivity contribution in [1.82, 2.24) is 10.6 Å². The normalized spacial score (nSPS) is 11.7. The van der Waals surface area contributed by atoms with Crippen molar-refractivity contribution in [1.29, 1.82) is 0 Å². The first-order valence-electron chi connectivity index (χ1n) is 8.20. The number of benzene rings is 1. The van der Waals surface area contributed by atoms with Crippen LogP contribution < -0.4 is 10.6 Å². The van der Waals surface area contributed by atoms with Crippen LogP contribution in [0, 0.1) is 11.7 Å². The largest absolute Gasteiger partial charge is 0.469 e. The fourth-order valence-electron chi connectivity index (χ4n) is 2.13. The van der Waals surface area contributed by atoms with Crippen LogP contribution in [0.4, 0.5) is 4.39 Å². The second-order valence-electron chi connectivity index (χ2n) is 6.16. The van der Waals surface area contributed by atoms with E-state index in [2.05, 4.69) is 15.4 Å². The fourth-order valence-corrected chi connectivity index (χ4v) is 2.13. The molecular formula is C18H25FN2O4. The Morgan fingerprint density at radius 3 is 2.32 bits per heavy atom. The molecule has 0 saturated carbocycles. The molecule has 0 aliphatic carbocycles. The van der Waals surface area contributed by atoms with Crippen molar-refractivity contribution in [3.05, 3.63) is 35.6 Å². The SMILES string of the molecule is COC(=O)CC(NC(=O)CNC(=O)CCC(C)C)c1ccc(F)cc1. The Balaban J connectivity index is 2.61. The highest BCUT2D eigenvalue weighted by Gasteiger charge is 2.19. The maximum absolute atomic E-state index is 13.1. The molecule has 0 aromatic heterocycles. The summed E-state index contributed by atoms with van der Waals surface area (Å²) in [6.07, 6.45) is 1.01. The molecule has 1 aromatic carbocycles. The smallest absolute Gasteiger partial charge is 0.307 e. The number of amides is 2. The highest BCUT2D eigenvalue weighted by atomic mass is 19.1. The Bertz CT molecular complexity index is 587. The zero-order valence-electron chi connectivity index (χ0n) is 14.8.